The monoisotopic (exact) mass is 914 g/mol. The van der Waals surface area contributed by atoms with Gasteiger partial charge in [-0.05, 0) is 55.2 Å². The lowest BCUT2D eigenvalue weighted by Crippen LogP contribution is -2.58. The van der Waals surface area contributed by atoms with Crippen LogP contribution in [0.4, 0.5) is 13.2 Å². The number of carbonyl (C=O) groups excluding carboxylic acids is 7. The summed E-state index contributed by atoms with van der Waals surface area (Å²) < 4.78 is 66.7. The van der Waals surface area contributed by atoms with E-state index in [1.165, 1.54) is 18.6 Å². The molecule has 2 aromatic rings. The Hall–Kier alpha value is -4.86. The molecule has 0 bridgehead atoms. The summed E-state index contributed by atoms with van der Waals surface area (Å²) in [6.07, 6.45) is 2.87. The molecule has 1 unspecified atom stereocenters. The molecule has 1 aromatic heterocycles. The summed E-state index contributed by atoms with van der Waals surface area (Å²) in [6.45, 7) is 6.04. The van der Waals surface area contributed by atoms with Crippen LogP contribution in [0.5, 0.6) is 0 Å². The van der Waals surface area contributed by atoms with E-state index in [0.717, 1.165) is 32.1 Å². The molecule has 1 saturated carbocycles. The molecular weight excluding hydrogens is 861 g/mol. The summed E-state index contributed by atoms with van der Waals surface area (Å²) in [6, 6.07) is -4.16. The number of hydrogen-bond donors (Lipinski definition) is 5. The van der Waals surface area contributed by atoms with E-state index < -0.39 is 127 Å². The largest absolute Gasteiger partial charge is 0.416 e. The highest BCUT2D eigenvalue weighted by atomic mass is 35.5. The molecule has 0 radical (unpaired) electrons. The summed E-state index contributed by atoms with van der Waals surface area (Å²) in [7, 11) is -5.56. The number of nitrogens with two attached hydrogens (primary N) is 2. The van der Waals surface area contributed by atoms with Crippen molar-refractivity contribution in [1.29, 1.82) is 0 Å². The molecule has 1 heterocycles. The van der Waals surface area contributed by atoms with Crippen LogP contribution in [-0.4, -0.2) is 94.5 Å². The molecule has 342 valence electrons. The van der Waals surface area contributed by atoms with Gasteiger partial charge in [0.05, 0.1) is 35.4 Å². The van der Waals surface area contributed by atoms with Crippen LogP contribution < -0.4 is 27.4 Å². The zero-order valence-electron chi connectivity index (χ0n) is 34.9. The highest BCUT2D eigenvalue weighted by molar-refractivity contribution is 7.90. The van der Waals surface area contributed by atoms with Crippen LogP contribution >= 0.6 is 11.6 Å². The molecule has 5 atom stereocenters. The molecule has 22 heteroatoms. The van der Waals surface area contributed by atoms with Crippen LogP contribution in [0.2, 0.25) is 5.02 Å². The van der Waals surface area contributed by atoms with Crippen molar-refractivity contribution in [3.63, 3.8) is 0 Å². The van der Waals surface area contributed by atoms with Crippen molar-refractivity contribution in [3.05, 3.63) is 53.1 Å². The van der Waals surface area contributed by atoms with Crippen molar-refractivity contribution in [3.8, 4) is 0 Å². The predicted molar refractivity (Wildman–Crippen MR) is 219 cm³/mol. The van der Waals surface area contributed by atoms with E-state index in [-0.39, 0.29) is 36.4 Å². The number of carbonyl (C=O) groups is 7. The lowest BCUT2D eigenvalue weighted by atomic mass is 9.83. The van der Waals surface area contributed by atoms with Gasteiger partial charge in [-0.3, -0.25) is 38.5 Å². The second-order valence-electron chi connectivity index (χ2n) is 15.7. The van der Waals surface area contributed by atoms with Gasteiger partial charge >= 0.3 is 12.1 Å². The predicted octanol–water partition coefficient (Wildman–Crippen LogP) is 3.23. The first-order valence-corrected chi connectivity index (χ1v) is 22.0. The maximum absolute atomic E-state index is 14.1. The van der Waals surface area contributed by atoms with Crippen molar-refractivity contribution in [1.82, 2.24) is 30.2 Å². The number of nitrogens with one attached hydrogen (secondary N) is 3. The number of benzene rings is 1. The summed E-state index contributed by atoms with van der Waals surface area (Å²) in [5.41, 5.74) is 9.79. The molecular formula is C40H54ClF3N8O9S. The highest BCUT2D eigenvalue weighted by Gasteiger charge is 2.42. The van der Waals surface area contributed by atoms with Gasteiger partial charge in [-0.1, -0.05) is 77.8 Å². The third-order valence-corrected chi connectivity index (χ3v) is 12.7. The molecule has 5 amide bonds. The number of amides is 5. The van der Waals surface area contributed by atoms with Gasteiger partial charge in [0, 0.05) is 18.8 Å². The summed E-state index contributed by atoms with van der Waals surface area (Å²) >= 11 is 5.89. The van der Waals surface area contributed by atoms with Gasteiger partial charge in [0.15, 0.2) is 5.78 Å². The number of sulfonamides is 1. The van der Waals surface area contributed by atoms with E-state index in [1.807, 2.05) is 13.8 Å². The van der Waals surface area contributed by atoms with Crippen LogP contribution in [0, 0.1) is 17.8 Å². The molecule has 1 aliphatic rings. The van der Waals surface area contributed by atoms with E-state index in [1.54, 1.807) is 13.8 Å². The fourth-order valence-corrected chi connectivity index (χ4v) is 8.72. The van der Waals surface area contributed by atoms with Gasteiger partial charge in [-0.25, -0.2) is 13.4 Å². The summed E-state index contributed by atoms with van der Waals surface area (Å²) in [5, 5.41) is 7.37. The van der Waals surface area contributed by atoms with Gasteiger partial charge in [-0.2, -0.15) is 17.5 Å². The normalized spacial score (nSPS) is 16.0. The maximum atomic E-state index is 14.1. The first-order valence-electron chi connectivity index (χ1n) is 20.2. The summed E-state index contributed by atoms with van der Waals surface area (Å²) in [4.78, 5) is 101. The minimum atomic E-state index is -5.56. The SMILES string of the molecule is CC[C@H](C)[C@H](NC(=O)[C@H](CC(C)C)NC(=O)c1cnccn1)C(=O)N[C@@H](CC1CCCCC1)C(=O)CCC(N)C(=O)C(=O)N(C(=O)CN)S(=O)(=O)c1cc(C(F)(F)F)ccc1Cl. The van der Waals surface area contributed by atoms with Crippen LogP contribution in [0.3, 0.4) is 0 Å². The van der Waals surface area contributed by atoms with Crippen molar-refractivity contribution in [2.75, 3.05) is 6.54 Å². The number of imide groups is 1. The first kappa shape index (κ1) is 51.5. The third-order valence-electron chi connectivity index (χ3n) is 10.5. The Morgan fingerprint density at radius 3 is 2.18 bits per heavy atom. The Morgan fingerprint density at radius 1 is 0.952 bits per heavy atom. The quantitative estimate of drug-likeness (QED) is 0.113. The minimum absolute atomic E-state index is 0.0157. The fraction of sp³-hybridized carbons (Fsp3) is 0.575. The summed E-state index contributed by atoms with van der Waals surface area (Å²) in [5.74, 6) is -8.52. The molecule has 0 aliphatic heterocycles. The van der Waals surface area contributed by atoms with Crippen LogP contribution in [0.25, 0.3) is 0 Å². The number of halogens is 4. The molecule has 0 saturated heterocycles. The topological polar surface area (TPSA) is 271 Å². The molecule has 0 spiro atoms. The van der Waals surface area contributed by atoms with Crippen molar-refractivity contribution >= 4 is 62.7 Å². The number of Topliss-reactive ketones (excluding diaryl/α,β-unsaturated/α-hetero) is 2. The Kier molecular flexibility index (Phi) is 19.1. The van der Waals surface area contributed by atoms with Crippen LogP contribution in [-0.2, 0) is 45.0 Å². The van der Waals surface area contributed by atoms with Gasteiger partial charge < -0.3 is 27.4 Å². The number of nitrogens with zero attached hydrogens (tertiary/aromatic N) is 3. The number of alkyl halides is 3. The average molecular weight is 915 g/mol. The average Bonchev–Trinajstić information content (AvgIpc) is 3.23. The first-order chi connectivity index (χ1) is 29.0. The Balaban J connectivity index is 1.83. The number of rotatable bonds is 21. The Morgan fingerprint density at radius 2 is 1.61 bits per heavy atom. The molecule has 3 rings (SSSR count). The second-order valence-corrected chi connectivity index (χ2v) is 17.9. The molecule has 1 aliphatic carbocycles. The van der Waals surface area contributed by atoms with Crippen molar-refractivity contribution in [2.24, 2.45) is 29.2 Å². The molecule has 1 aromatic carbocycles. The van der Waals surface area contributed by atoms with E-state index in [4.69, 9.17) is 23.1 Å². The van der Waals surface area contributed by atoms with E-state index in [9.17, 15) is 55.2 Å². The molecule has 1 fully saturated rings. The standard InChI is InChI=1S/C40H54ClF3N8O9S/c1-5-23(4)34(51-36(56)29(17-22(2)3)50-37(57)30-21-47-15-16-48-30)38(58)49-28(18-24-9-7-6-8-10-24)31(53)14-13-27(46)35(55)39(59)52(33(54)20-45)62(60,61)32-19-25(40(42,43)44)11-12-26(32)41/h11-12,15-16,19,21-24,27-29,34H,5-10,13-14,17-18,20,45-46H2,1-4H3,(H,49,58)(H,50,57)(H,51,56)/t23-,27?,28-,29-,34-/m0/s1. The number of aromatic nitrogens is 2. The van der Waals surface area contributed by atoms with Gasteiger partial charge in [0.1, 0.15) is 22.7 Å². The Bertz CT molecular complexity index is 2050. The Labute approximate surface area is 363 Å². The lowest BCUT2D eigenvalue weighted by molar-refractivity contribution is -0.147. The van der Waals surface area contributed by atoms with E-state index in [2.05, 4.69) is 25.9 Å². The fourth-order valence-electron chi connectivity index (χ4n) is 6.87. The van der Waals surface area contributed by atoms with Gasteiger partial charge in [0.25, 0.3) is 21.8 Å². The van der Waals surface area contributed by atoms with E-state index >= 15 is 0 Å². The van der Waals surface area contributed by atoms with Gasteiger partial charge in [0.2, 0.25) is 17.6 Å². The number of hydrogen-bond acceptors (Lipinski definition) is 13. The lowest BCUT2D eigenvalue weighted by Gasteiger charge is -2.30. The second kappa shape index (κ2) is 23.0. The molecule has 17 nitrogen and oxygen atoms in total. The number of ketones is 2. The van der Waals surface area contributed by atoms with Crippen LogP contribution in [0.1, 0.15) is 108 Å². The molecule has 62 heavy (non-hydrogen) atoms. The smallest absolute Gasteiger partial charge is 0.344 e. The minimum Gasteiger partial charge on any atom is -0.344 e. The van der Waals surface area contributed by atoms with Crippen LogP contribution in [0.15, 0.2) is 41.7 Å². The molecule has 7 N–H and O–H groups in total. The van der Waals surface area contributed by atoms with E-state index in [0.29, 0.717) is 18.6 Å². The maximum Gasteiger partial charge on any atom is 0.416 e. The van der Waals surface area contributed by atoms with Crippen molar-refractivity contribution < 1.29 is 55.2 Å². The third kappa shape index (κ3) is 14.1. The zero-order chi connectivity index (χ0) is 46.5. The van der Waals surface area contributed by atoms with Gasteiger partial charge in [-0.15, -0.1) is 0 Å². The van der Waals surface area contributed by atoms with Crippen molar-refractivity contribution in [2.45, 2.75) is 127 Å². The zero-order valence-corrected chi connectivity index (χ0v) is 36.4. The highest BCUT2D eigenvalue weighted by Crippen LogP contribution is 2.35.